The van der Waals surface area contributed by atoms with Crippen LogP contribution in [-0.2, 0) is 11.3 Å². The average Bonchev–Trinajstić information content (AvgIpc) is 2.73. The molecule has 0 aliphatic heterocycles. The molecule has 0 radical (unpaired) electrons. The first-order valence-corrected chi connectivity index (χ1v) is 8.94. The maximum absolute atomic E-state index is 12.3. The molecule has 1 aromatic heterocycles. The molecule has 0 atom stereocenters. The van der Waals surface area contributed by atoms with Gasteiger partial charge in [-0.3, -0.25) is 14.6 Å². The summed E-state index contributed by atoms with van der Waals surface area (Å²) in [5.74, 6) is -0.442. The molecule has 0 fully saturated rings. The van der Waals surface area contributed by atoms with E-state index >= 15 is 0 Å². The summed E-state index contributed by atoms with van der Waals surface area (Å²) in [7, 11) is 0. The van der Waals surface area contributed by atoms with Crippen LogP contribution < -0.4 is 10.6 Å². The Hall–Kier alpha value is -3.73. The highest BCUT2D eigenvalue weighted by Crippen LogP contribution is 2.16. The van der Waals surface area contributed by atoms with Crippen LogP contribution in [0.15, 0.2) is 79.1 Å². The minimum Gasteiger partial charge on any atom is -0.348 e. The number of amides is 2. The van der Waals surface area contributed by atoms with Crippen LogP contribution in [0.3, 0.4) is 0 Å². The number of hydrogen-bond acceptors (Lipinski definition) is 3. The largest absolute Gasteiger partial charge is 0.348 e. The predicted octanol–water partition coefficient (Wildman–Crippen LogP) is 3.97. The van der Waals surface area contributed by atoms with Crippen molar-refractivity contribution in [2.24, 2.45) is 0 Å². The van der Waals surface area contributed by atoms with Crippen molar-refractivity contribution in [3.63, 3.8) is 0 Å². The van der Waals surface area contributed by atoms with Crippen molar-refractivity contribution in [1.29, 1.82) is 0 Å². The Morgan fingerprint density at radius 2 is 1.79 bits per heavy atom. The van der Waals surface area contributed by atoms with Crippen LogP contribution in [0.2, 0.25) is 0 Å². The van der Waals surface area contributed by atoms with Gasteiger partial charge in [-0.15, -0.1) is 0 Å². The molecule has 2 N–H and O–H groups in total. The number of pyridine rings is 1. The van der Waals surface area contributed by atoms with Gasteiger partial charge in [-0.05, 0) is 47.9 Å². The molecular weight excluding hydrogens is 350 g/mol. The maximum atomic E-state index is 12.3. The number of carbonyl (C=O) groups is 2. The number of benzene rings is 2. The van der Waals surface area contributed by atoms with Gasteiger partial charge in [0.05, 0.1) is 5.56 Å². The zero-order valence-electron chi connectivity index (χ0n) is 15.6. The molecular formula is C23H21N3O2. The molecule has 2 amide bonds. The number of rotatable bonds is 6. The van der Waals surface area contributed by atoms with Gasteiger partial charge < -0.3 is 10.6 Å². The SMILES string of the molecule is Cc1ccccc1/C=C/C(=O)Nc1ccccc1CNC(=O)c1cccnc1. The zero-order chi connectivity index (χ0) is 19.8. The van der Waals surface area contributed by atoms with Crippen LogP contribution in [0.4, 0.5) is 5.69 Å². The number of nitrogens with zero attached hydrogens (tertiary/aromatic N) is 1. The zero-order valence-corrected chi connectivity index (χ0v) is 15.6. The van der Waals surface area contributed by atoms with E-state index in [0.29, 0.717) is 17.8 Å². The first-order chi connectivity index (χ1) is 13.6. The fourth-order valence-corrected chi connectivity index (χ4v) is 2.68. The number of nitrogens with one attached hydrogen (secondary N) is 2. The summed E-state index contributed by atoms with van der Waals surface area (Å²) in [5.41, 5.74) is 4.07. The van der Waals surface area contributed by atoms with Crippen LogP contribution in [0.25, 0.3) is 6.08 Å². The van der Waals surface area contributed by atoms with Crippen LogP contribution >= 0.6 is 0 Å². The van der Waals surface area contributed by atoms with Gasteiger partial charge in [0.1, 0.15) is 0 Å². The van der Waals surface area contributed by atoms with Crippen molar-refractivity contribution < 1.29 is 9.59 Å². The molecule has 0 unspecified atom stereocenters. The van der Waals surface area contributed by atoms with E-state index in [2.05, 4.69) is 15.6 Å². The Morgan fingerprint density at radius 1 is 1.00 bits per heavy atom. The lowest BCUT2D eigenvalue weighted by Gasteiger charge is -2.11. The van der Waals surface area contributed by atoms with E-state index in [1.807, 2.05) is 55.5 Å². The third-order valence-corrected chi connectivity index (χ3v) is 4.24. The fraction of sp³-hybridized carbons (Fsp3) is 0.0870. The highest BCUT2D eigenvalue weighted by atomic mass is 16.2. The van der Waals surface area contributed by atoms with Crippen LogP contribution in [0.1, 0.15) is 27.0 Å². The van der Waals surface area contributed by atoms with Crippen molar-refractivity contribution in [3.05, 3.63) is 101 Å². The maximum Gasteiger partial charge on any atom is 0.253 e. The van der Waals surface area contributed by atoms with E-state index in [4.69, 9.17) is 0 Å². The first-order valence-electron chi connectivity index (χ1n) is 8.94. The third kappa shape index (κ3) is 5.14. The lowest BCUT2D eigenvalue weighted by Crippen LogP contribution is -2.23. The molecule has 2 aromatic carbocycles. The second-order valence-corrected chi connectivity index (χ2v) is 6.26. The van der Waals surface area contributed by atoms with Gasteiger partial charge in [0.25, 0.3) is 5.91 Å². The van der Waals surface area contributed by atoms with Gasteiger partial charge >= 0.3 is 0 Å². The second-order valence-electron chi connectivity index (χ2n) is 6.26. The fourth-order valence-electron chi connectivity index (χ4n) is 2.68. The van der Waals surface area contributed by atoms with Gasteiger partial charge in [0.15, 0.2) is 0 Å². The molecule has 5 nitrogen and oxygen atoms in total. The first kappa shape index (κ1) is 19.0. The molecule has 0 aliphatic rings. The van der Waals surface area contributed by atoms with Crippen molar-refractivity contribution in [2.75, 3.05) is 5.32 Å². The third-order valence-electron chi connectivity index (χ3n) is 4.24. The molecule has 140 valence electrons. The second kappa shape index (κ2) is 9.28. The minimum atomic E-state index is -0.228. The summed E-state index contributed by atoms with van der Waals surface area (Å²) >= 11 is 0. The number of hydrogen-bond donors (Lipinski definition) is 2. The summed E-state index contributed by atoms with van der Waals surface area (Å²) in [6.07, 6.45) is 6.43. The molecule has 1 heterocycles. The molecule has 0 bridgehead atoms. The van der Waals surface area contributed by atoms with E-state index in [9.17, 15) is 9.59 Å². The normalized spacial score (nSPS) is 10.6. The molecule has 3 aromatic rings. The molecule has 0 aliphatic carbocycles. The van der Waals surface area contributed by atoms with Gasteiger partial charge in [-0.1, -0.05) is 42.5 Å². The summed E-state index contributed by atoms with van der Waals surface area (Å²) in [6.45, 7) is 2.30. The lowest BCUT2D eigenvalue weighted by molar-refractivity contribution is -0.111. The predicted molar refractivity (Wildman–Crippen MR) is 111 cm³/mol. The van der Waals surface area contributed by atoms with Gasteiger partial charge in [-0.25, -0.2) is 0 Å². The minimum absolute atomic E-state index is 0.214. The molecule has 3 rings (SSSR count). The van der Waals surface area contributed by atoms with E-state index in [1.165, 1.54) is 12.3 Å². The van der Waals surface area contributed by atoms with Gasteiger partial charge in [-0.2, -0.15) is 0 Å². The summed E-state index contributed by atoms with van der Waals surface area (Å²) in [4.78, 5) is 28.5. The number of para-hydroxylation sites is 1. The Bertz CT molecular complexity index is 997. The van der Waals surface area contributed by atoms with Crippen molar-refractivity contribution in [1.82, 2.24) is 10.3 Å². The molecule has 0 saturated heterocycles. The summed E-state index contributed by atoms with van der Waals surface area (Å²) in [6, 6.07) is 18.6. The number of aryl methyl sites for hydroxylation is 1. The highest BCUT2D eigenvalue weighted by Gasteiger charge is 2.08. The summed E-state index contributed by atoms with van der Waals surface area (Å²) < 4.78 is 0. The highest BCUT2D eigenvalue weighted by molar-refractivity contribution is 6.02. The number of aromatic nitrogens is 1. The van der Waals surface area contributed by atoms with E-state index in [-0.39, 0.29) is 11.8 Å². The van der Waals surface area contributed by atoms with E-state index < -0.39 is 0 Å². The Labute approximate surface area is 164 Å². The standard InChI is InChI=1S/C23H21N3O2/c1-17-7-2-3-8-18(17)12-13-22(27)26-21-11-5-4-9-19(21)16-25-23(28)20-10-6-14-24-15-20/h2-15H,16H2,1H3,(H,25,28)(H,26,27)/b13-12+. The van der Waals surface area contributed by atoms with Crippen molar-refractivity contribution in [2.45, 2.75) is 13.5 Å². The van der Waals surface area contributed by atoms with Crippen molar-refractivity contribution >= 4 is 23.6 Å². The van der Waals surface area contributed by atoms with Crippen LogP contribution in [-0.4, -0.2) is 16.8 Å². The Morgan fingerprint density at radius 3 is 2.57 bits per heavy atom. The summed E-state index contributed by atoms with van der Waals surface area (Å²) in [5, 5.41) is 5.72. The van der Waals surface area contributed by atoms with E-state index in [0.717, 1.165) is 16.7 Å². The van der Waals surface area contributed by atoms with Gasteiger partial charge in [0.2, 0.25) is 5.91 Å². The molecule has 0 saturated carbocycles. The topological polar surface area (TPSA) is 71.1 Å². The number of anilines is 1. The lowest BCUT2D eigenvalue weighted by atomic mass is 10.1. The quantitative estimate of drug-likeness (QED) is 0.644. The molecule has 5 heteroatoms. The smallest absolute Gasteiger partial charge is 0.253 e. The Kier molecular flexibility index (Phi) is 6.31. The molecule has 28 heavy (non-hydrogen) atoms. The van der Waals surface area contributed by atoms with E-state index in [1.54, 1.807) is 24.4 Å². The average molecular weight is 371 g/mol. The monoisotopic (exact) mass is 371 g/mol. The van der Waals surface area contributed by atoms with Crippen LogP contribution in [0, 0.1) is 6.92 Å². The Balaban J connectivity index is 1.64. The number of carbonyl (C=O) groups excluding carboxylic acids is 2. The van der Waals surface area contributed by atoms with Crippen molar-refractivity contribution in [3.8, 4) is 0 Å². The van der Waals surface area contributed by atoms with Gasteiger partial charge in [0, 0.05) is 30.7 Å². The molecule has 0 spiro atoms. The van der Waals surface area contributed by atoms with Crippen LogP contribution in [0.5, 0.6) is 0 Å².